The number of hydrogen-bond donors (Lipinski definition) is 1. The maximum Gasteiger partial charge on any atom is 1.00 e. The van der Waals surface area contributed by atoms with Crippen LogP contribution in [0.15, 0.2) is 48.5 Å². The van der Waals surface area contributed by atoms with Crippen LogP contribution in [-0.4, -0.2) is 36.7 Å². The Bertz CT molecular complexity index is 945. The van der Waals surface area contributed by atoms with Gasteiger partial charge >= 0.3 is 74.9 Å². The van der Waals surface area contributed by atoms with Crippen molar-refractivity contribution in [2.75, 3.05) is 13.1 Å². The van der Waals surface area contributed by atoms with Crippen molar-refractivity contribution in [1.82, 2.24) is 5.32 Å². The minimum Gasteiger partial charge on any atom is -0.674 e. The molecule has 184 valence electrons. The van der Waals surface area contributed by atoms with Gasteiger partial charge in [-0.3, -0.25) is 4.79 Å². The summed E-state index contributed by atoms with van der Waals surface area (Å²) < 4.78 is 11.7. The van der Waals surface area contributed by atoms with Crippen LogP contribution in [0, 0.1) is 5.92 Å². The van der Waals surface area contributed by atoms with Gasteiger partial charge in [-0.05, 0) is 81.0 Å². The summed E-state index contributed by atoms with van der Waals surface area (Å²) in [6.45, 7) is 3.96. The van der Waals surface area contributed by atoms with Crippen molar-refractivity contribution in [2.45, 2.75) is 64.1 Å². The quantitative estimate of drug-likeness (QED) is 0.415. The fourth-order valence-corrected chi connectivity index (χ4v) is 4.30. The Hall–Kier alpha value is -0.518. The molecule has 2 N–H and O–H groups in total. The van der Waals surface area contributed by atoms with Crippen LogP contribution in [0.2, 0.25) is 5.02 Å². The average molecular weight is 619 g/mol. The van der Waals surface area contributed by atoms with Crippen LogP contribution in [0.3, 0.4) is 0 Å². The number of esters is 1. The predicted molar refractivity (Wildman–Crippen MR) is 134 cm³/mol. The van der Waals surface area contributed by atoms with E-state index in [-0.39, 0.29) is 93.4 Å². The molecule has 3 rings (SSSR count). The van der Waals surface area contributed by atoms with Crippen LogP contribution < -0.4 is 78.9 Å². The Morgan fingerprint density at radius 3 is 2.29 bits per heavy atom. The van der Waals surface area contributed by atoms with Gasteiger partial charge in [-0.1, -0.05) is 43.0 Å². The number of rotatable bonds is 10. The van der Waals surface area contributed by atoms with E-state index >= 15 is 0 Å². The molecule has 35 heavy (non-hydrogen) atoms. The maximum atomic E-state index is 12.8. The molecule has 6 nitrogen and oxygen atoms in total. The van der Waals surface area contributed by atoms with E-state index in [1.165, 1.54) is 6.42 Å². The molecule has 0 bridgehead atoms. The summed E-state index contributed by atoms with van der Waals surface area (Å²) in [4.78, 5) is 25.0. The van der Waals surface area contributed by atoms with Crippen LogP contribution in [-0.2, 0) is 16.0 Å². The van der Waals surface area contributed by atoms with Crippen LogP contribution in [0.5, 0.6) is 5.75 Å². The largest absolute Gasteiger partial charge is 1.00 e. The van der Waals surface area contributed by atoms with E-state index < -0.39 is 11.6 Å². The number of halogens is 1. The monoisotopic (exact) mass is 618 g/mol. The molecule has 0 heterocycles. The van der Waals surface area contributed by atoms with Gasteiger partial charge in [0.15, 0.2) is 5.60 Å². The molecule has 1 atom stereocenters. The molecule has 0 radical (unpaired) electrons. The Balaban J connectivity index is 0.00000432. The van der Waals surface area contributed by atoms with E-state index in [0.717, 1.165) is 31.2 Å². The van der Waals surface area contributed by atoms with Crippen LogP contribution in [0.4, 0.5) is 0 Å². The smallest absolute Gasteiger partial charge is 0.674 e. The van der Waals surface area contributed by atoms with Gasteiger partial charge < -0.3 is 20.5 Å². The zero-order chi connectivity index (χ0) is 24.6. The zero-order valence-electron chi connectivity index (χ0n) is 20.9. The van der Waals surface area contributed by atoms with Gasteiger partial charge in [0.05, 0.1) is 6.10 Å². The summed E-state index contributed by atoms with van der Waals surface area (Å²) >= 11 is 5.86. The molecule has 8 heteroatoms. The first-order chi connectivity index (χ1) is 16.3. The van der Waals surface area contributed by atoms with Crippen molar-refractivity contribution in [3.8, 4) is 5.75 Å². The third kappa shape index (κ3) is 9.70. The molecule has 0 aliphatic heterocycles. The summed E-state index contributed by atoms with van der Waals surface area (Å²) in [5.41, 5.74) is 8.28. The molecule has 1 unspecified atom stereocenters. The molecule has 1 amide bonds. The first kappa shape index (κ1) is 30.7. The van der Waals surface area contributed by atoms with Crippen molar-refractivity contribution in [3.63, 3.8) is 0 Å². The van der Waals surface area contributed by atoms with Crippen molar-refractivity contribution in [2.24, 2.45) is 5.92 Å². The number of nitrogens with one attached hydrogen (secondary N) is 2. The minimum atomic E-state index is -1.16. The summed E-state index contributed by atoms with van der Waals surface area (Å²) in [6.07, 6.45) is 5.80. The van der Waals surface area contributed by atoms with E-state index in [0.29, 0.717) is 29.3 Å². The second kappa shape index (κ2) is 15.0. The number of carbonyl (C=O) groups excluding carboxylic acids is 2. The van der Waals surface area contributed by atoms with Gasteiger partial charge in [-0.2, -0.15) is 0 Å². The van der Waals surface area contributed by atoms with Gasteiger partial charge in [-0.25, -0.2) is 4.79 Å². The minimum absolute atomic E-state index is 0. The number of benzene rings is 2. The Morgan fingerprint density at radius 2 is 1.69 bits per heavy atom. The third-order valence-electron chi connectivity index (χ3n) is 6.23. The van der Waals surface area contributed by atoms with E-state index in [9.17, 15) is 9.59 Å². The standard InChI is InChI=1S/C27H34ClN2O4.Cs/c1-27(2,26(32)33-24(18-29)20-6-4-3-5-7-20)34-23-14-8-19(9-15-23)16-17-30-25(31)21-10-12-22(28)13-11-21;/h8-15,20,24,29H,3-7,16-18H2,1-2H3,(H,30,31);/q-1;+1. The first-order valence-electron chi connectivity index (χ1n) is 12.0. The van der Waals surface area contributed by atoms with E-state index in [1.54, 1.807) is 38.1 Å². The van der Waals surface area contributed by atoms with Crippen LogP contribution in [0.25, 0.3) is 5.73 Å². The molecular formula is C27H34ClCsN2O4. The van der Waals surface area contributed by atoms with Gasteiger partial charge in [0.2, 0.25) is 0 Å². The molecular weight excluding hydrogens is 585 g/mol. The normalized spacial score (nSPS) is 15.0. The topological polar surface area (TPSA) is 88.4 Å². The molecule has 0 spiro atoms. The van der Waals surface area contributed by atoms with Crippen molar-refractivity contribution < 1.29 is 88.0 Å². The van der Waals surface area contributed by atoms with Crippen LogP contribution >= 0.6 is 11.6 Å². The molecule has 1 fully saturated rings. The van der Waals surface area contributed by atoms with Gasteiger partial charge in [0, 0.05) is 17.1 Å². The number of hydrogen-bond acceptors (Lipinski definition) is 4. The molecule has 1 aliphatic carbocycles. The number of amides is 1. The van der Waals surface area contributed by atoms with E-state index in [2.05, 4.69) is 5.32 Å². The number of ether oxygens (including phenoxy) is 2. The fraction of sp³-hybridized carbons (Fsp3) is 0.481. The summed E-state index contributed by atoms with van der Waals surface area (Å²) in [5.74, 6) is 0.252. The fourth-order valence-electron chi connectivity index (χ4n) is 4.17. The molecule has 0 aromatic heterocycles. The van der Waals surface area contributed by atoms with Gasteiger partial charge in [0.25, 0.3) is 5.91 Å². The molecule has 2 aromatic carbocycles. The van der Waals surface area contributed by atoms with Crippen LogP contribution in [0.1, 0.15) is 61.9 Å². The van der Waals surface area contributed by atoms with Crippen molar-refractivity contribution in [3.05, 3.63) is 70.4 Å². The second-order valence-corrected chi connectivity index (χ2v) is 9.75. The second-order valence-electron chi connectivity index (χ2n) is 9.32. The molecule has 2 aromatic rings. The average Bonchev–Trinajstić information content (AvgIpc) is 2.84. The van der Waals surface area contributed by atoms with Gasteiger partial charge in [-0.15, -0.1) is 6.54 Å². The van der Waals surface area contributed by atoms with Crippen molar-refractivity contribution >= 4 is 23.5 Å². The summed E-state index contributed by atoms with van der Waals surface area (Å²) in [6, 6.07) is 14.2. The Labute approximate surface area is 272 Å². The first-order valence-corrected chi connectivity index (χ1v) is 12.3. The van der Waals surface area contributed by atoms with Crippen molar-refractivity contribution in [1.29, 1.82) is 0 Å². The van der Waals surface area contributed by atoms with Gasteiger partial charge in [0.1, 0.15) is 5.75 Å². The predicted octanol–water partition coefficient (Wildman–Crippen LogP) is 3.02. The molecule has 1 saturated carbocycles. The Morgan fingerprint density at radius 1 is 1.06 bits per heavy atom. The van der Waals surface area contributed by atoms with E-state index in [1.807, 2.05) is 24.3 Å². The SMILES string of the molecule is CC(C)(Oc1ccc(CCNC(=O)c2ccc(Cl)cc2)cc1)C(=O)OC(C[NH-])C1CCCCC1.[Cs+]. The summed E-state index contributed by atoms with van der Waals surface area (Å²) in [5, 5.41) is 3.49. The maximum absolute atomic E-state index is 12.8. The molecule has 0 saturated heterocycles. The third-order valence-corrected chi connectivity index (χ3v) is 6.48. The van der Waals surface area contributed by atoms with E-state index in [4.69, 9.17) is 26.8 Å². The zero-order valence-corrected chi connectivity index (χ0v) is 28.0. The summed E-state index contributed by atoms with van der Waals surface area (Å²) in [7, 11) is 0. The number of carbonyl (C=O) groups is 2. The Kier molecular flexibility index (Phi) is 13.2. The molecule has 1 aliphatic rings.